The Balaban J connectivity index is 1.78. The minimum absolute atomic E-state index is 0.0788. The molecule has 3 aliphatic heterocycles. The average Bonchev–Trinajstić information content (AvgIpc) is 2.97. The van der Waals surface area contributed by atoms with Crippen LogP contribution in [0.15, 0.2) is 0 Å². The molecule has 3 rings (SSSR count). The summed E-state index contributed by atoms with van der Waals surface area (Å²) < 4.78 is 5.33. The van der Waals surface area contributed by atoms with Crippen molar-refractivity contribution in [1.82, 2.24) is 0 Å². The average molecular weight is 268 g/mol. The van der Waals surface area contributed by atoms with Crippen molar-refractivity contribution in [2.45, 2.75) is 50.6 Å². The van der Waals surface area contributed by atoms with Crippen molar-refractivity contribution in [2.24, 2.45) is 5.92 Å². The Bertz CT molecular complexity index is 350. The Morgan fingerprint density at radius 1 is 1.32 bits per heavy atom. The fourth-order valence-corrected chi connectivity index (χ4v) is 4.85. The molecule has 0 bridgehead atoms. The highest BCUT2D eigenvalue weighted by Crippen LogP contribution is 2.34. The van der Waals surface area contributed by atoms with Crippen molar-refractivity contribution in [2.75, 3.05) is 33.3 Å². The van der Waals surface area contributed by atoms with E-state index < -0.39 is 0 Å². The highest BCUT2D eigenvalue weighted by molar-refractivity contribution is 5.73. The Hall–Kier alpha value is -0.610. The molecule has 19 heavy (non-hydrogen) atoms. The van der Waals surface area contributed by atoms with E-state index in [1.165, 1.54) is 45.3 Å². The van der Waals surface area contributed by atoms with E-state index >= 15 is 0 Å². The van der Waals surface area contributed by atoms with Gasteiger partial charge in [0.05, 0.1) is 46.1 Å². The molecule has 0 aromatic carbocycles. The molecule has 0 radical (unpaired) electrons. The second-order valence-electron chi connectivity index (χ2n) is 6.82. The molecule has 0 aromatic rings. The summed E-state index contributed by atoms with van der Waals surface area (Å²) in [6.07, 6.45) is 6.18. The van der Waals surface area contributed by atoms with Crippen LogP contribution in [0.4, 0.5) is 0 Å². The van der Waals surface area contributed by atoms with Gasteiger partial charge in [-0.1, -0.05) is 0 Å². The quantitative estimate of drug-likeness (QED) is 0.608. The Morgan fingerprint density at radius 3 is 2.74 bits per heavy atom. The second kappa shape index (κ2) is 5.06. The maximum Gasteiger partial charge on any atom is 0.315 e. The van der Waals surface area contributed by atoms with Crippen LogP contribution in [0.1, 0.15) is 39.0 Å². The predicted octanol–water partition coefficient (Wildman–Crippen LogP) is -1.34. The highest BCUT2D eigenvalue weighted by Gasteiger charge is 2.60. The van der Waals surface area contributed by atoms with Crippen molar-refractivity contribution >= 4 is 5.97 Å². The van der Waals surface area contributed by atoms with Crippen LogP contribution in [0.3, 0.4) is 0 Å². The lowest BCUT2D eigenvalue weighted by molar-refractivity contribution is -0.973. The molecule has 4 heteroatoms. The molecule has 0 saturated carbocycles. The molecule has 3 heterocycles. The molecule has 1 spiro atoms. The van der Waals surface area contributed by atoms with Gasteiger partial charge in [0.15, 0.2) is 0 Å². The summed E-state index contributed by atoms with van der Waals surface area (Å²) in [4.78, 5) is 15.6. The third-order valence-corrected chi connectivity index (χ3v) is 5.84. The smallest absolute Gasteiger partial charge is 0.315 e. The summed E-state index contributed by atoms with van der Waals surface area (Å²) in [5, 5.41) is 0. The van der Waals surface area contributed by atoms with Crippen LogP contribution in [-0.2, 0) is 9.53 Å². The standard InChI is InChI=1S/C15H26N2O2/c1-3-19-14(18)12-11-15(6-9-16(2)10-7-15)17-8-4-5-13(12)17/h12-13H,3-11H2,1-2H3/p+2/t12-,13+/m1/s1. The van der Waals surface area contributed by atoms with Gasteiger partial charge >= 0.3 is 5.97 Å². The normalized spacial score (nSPS) is 45.4. The summed E-state index contributed by atoms with van der Waals surface area (Å²) in [5.41, 5.74) is 0.401. The molecular weight excluding hydrogens is 240 g/mol. The van der Waals surface area contributed by atoms with Crippen LogP contribution < -0.4 is 9.80 Å². The molecule has 0 amide bonds. The van der Waals surface area contributed by atoms with Gasteiger partial charge in [-0.2, -0.15) is 0 Å². The SMILES string of the molecule is CCOC(=O)[C@@H]1CC2(CC[NH+](C)CC2)[NH+]2CCC[C@@H]12. The Labute approximate surface area is 116 Å². The van der Waals surface area contributed by atoms with Gasteiger partial charge in [0.2, 0.25) is 0 Å². The third kappa shape index (κ3) is 2.19. The van der Waals surface area contributed by atoms with Gasteiger partial charge in [0.25, 0.3) is 0 Å². The number of hydrogen-bond donors (Lipinski definition) is 2. The minimum atomic E-state index is 0.0788. The van der Waals surface area contributed by atoms with Gasteiger partial charge in [0.1, 0.15) is 17.5 Å². The maximum atomic E-state index is 12.2. The van der Waals surface area contributed by atoms with Crippen molar-refractivity contribution in [1.29, 1.82) is 0 Å². The monoisotopic (exact) mass is 268 g/mol. The maximum absolute atomic E-state index is 12.2. The third-order valence-electron chi connectivity index (χ3n) is 5.84. The van der Waals surface area contributed by atoms with E-state index in [2.05, 4.69) is 7.05 Å². The number of hydrogen-bond acceptors (Lipinski definition) is 2. The van der Waals surface area contributed by atoms with Gasteiger partial charge in [-0.15, -0.1) is 0 Å². The summed E-state index contributed by atoms with van der Waals surface area (Å²) >= 11 is 0. The number of esters is 1. The van der Waals surface area contributed by atoms with Crippen LogP contribution in [0.2, 0.25) is 0 Å². The number of carbonyl (C=O) groups is 1. The van der Waals surface area contributed by atoms with Gasteiger partial charge in [-0.05, 0) is 6.92 Å². The van der Waals surface area contributed by atoms with Gasteiger partial charge < -0.3 is 14.5 Å². The van der Waals surface area contributed by atoms with Gasteiger partial charge in [-0.25, -0.2) is 0 Å². The Morgan fingerprint density at radius 2 is 2.05 bits per heavy atom. The predicted molar refractivity (Wildman–Crippen MR) is 72.2 cm³/mol. The summed E-state index contributed by atoms with van der Waals surface area (Å²) in [7, 11) is 2.29. The topological polar surface area (TPSA) is 35.2 Å². The lowest BCUT2D eigenvalue weighted by Crippen LogP contribution is -3.23. The lowest BCUT2D eigenvalue weighted by Gasteiger charge is -2.39. The first-order chi connectivity index (χ1) is 9.16. The highest BCUT2D eigenvalue weighted by atomic mass is 16.5. The molecule has 3 atom stereocenters. The molecule has 1 unspecified atom stereocenters. The van der Waals surface area contributed by atoms with E-state index in [4.69, 9.17) is 4.74 Å². The number of ether oxygens (including phenoxy) is 1. The fraction of sp³-hybridized carbons (Fsp3) is 0.933. The van der Waals surface area contributed by atoms with Crippen molar-refractivity contribution in [3.63, 3.8) is 0 Å². The van der Waals surface area contributed by atoms with Gasteiger partial charge in [0, 0.05) is 19.3 Å². The number of quaternary nitrogens is 2. The van der Waals surface area contributed by atoms with Crippen LogP contribution in [0.5, 0.6) is 0 Å². The van der Waals surface area contributed by atoms with Crippen LogP contribution in [-0.4, -0.2) is 50.8 Å². The summed E-state index contributed by atoms with van der Waals surface area (Å²) in [6.45, 7) is 6.26. The van der Waals surface area contributed by atoms with Crippen molar-refractivity contribution in [3.05, 3.63) is 0 Å². The number of piperidine rings is 1. The number of likely N-dealkylation sites (tertiary alicyclic amines) is 1. The number of rotatable bonds is 2. The van der Waals surface area contributed by atoms with Gasteiger partial charge in [-0.3, -0.25) is 4.79 Å². The zero-order valence-corrected chi connectivity index (χ0v) is 12.3. The summed E-state index contributed by atoms with van der Waals surface area (Å²) in [6, 6.07) is 0.553. The number of fused-ring (bicyclic) bond motifs is 2. The van der Waals surface area contributed by atoms with Crippen molar-refractivity contribution in [3.8, 4) is 0 Å². The molecule has 4 nitrogen and oxygen atoms in total. The molecular formula is C15H28N2O2+2. The van der Waals surface area contributed by atoms with Crippen LogP contribution in [0.25, 0.3) is 0 Å². The molecule has 3 fully saturated rings. The largest absolute Gasteiger partial charge is 0.466 e. The van der Waals surface area contributed by atoms with Crippen LogP contribution in [0, 0.1) is 5.92 Å². The first-order valence-electron chi connectivity index (χ1n) is 8.00. The minimum Gasteiger partial charge on any atom is -0.466 e. The fourth-order valence-electron chi connectivity index (χ4n) is 4.85. The first-order valence-corrected chi connectivity index (χ1v) is 8.00. The van der Waals surface area contributed by atoms with E-state index in [-0.39, 0.29) is 11.9 Å². The van der Waals surface area contributed by atoms with E-state index in [1.807, 2.05) is 6.92 Å². The molecule has 0 aliphatic carbocycles. The molecule has 3 aliphatic rings. The number of nitrogens with one attached hydrogen (secondary N) is 2. The first kappa shape index (κ1) is 13.4. The molecule has 0 aromatic heterocycles. The molecule has 3 saturated heterocycles. The van der Waals surface area contributed by atoms with E-state index in [1.54, 1.807) is 9.80 Å². The second-order valence-corrected chi connectivity index (χ2v) is 6.82. The Kier molecular flexibility index (Phi) is 3.56. The zero-order chi connectivity index (χ0) is 13.5. The van der Waals surface area contributed by atoms with E-state index in [9.17, 15) is 4.79 Å². The summed E-state index contributed by atoms with van der Waals surface area (Å²) in [5.74, 6) is 0.255. The van der Waals surface area contributed by atoms with Crippen molar-refractivity contribution < 1.29 is 19.3 Å². The van der Waals surface area contributed by atoms with Crippen LogP contribution >= 0.6 is 0 Å². The van der Waals surface area contributed by atoms with E-state index in [0.717, 1.165) is 6.42 Å². The molecule has 108 valence electrons. The lowest BCUT2D eigenvalue weighted by atomic mass is 9.82. The zero-order valence-electron chi connectivity index (χ0n) is 12.3. The number of carbonyl (C=O) groups excluding carboxylic acids is 1. The van der Waals surface area contributed by atoms with E-state index in [0.29, 0.717) is 18.2 Å². The molecule has 2 N–H and O–H groups in total.